The second-order valence-electron chi connectivity index (χ2n) is 3.78. The van der Waals surface area contributed by atoms with Crippen LogP contribution in [0.4, 0.5) is 0 Å². The minimum atomic E-state index is -0.359. The van der Waals surface area contributed by atoms with Gasteiger partial charge in [-0.25, -0.2) is 4.79 Å². The molecule has 3 nitrogen and oxygen atoms in total. The van der Waals surface area contributed by atoms with Crippen LogP contribution in [-0.2, 0) is 9.53 Å². The number of carbonyl (C=O) groups excluding carboxylic acids is 1. The van der Waals surface area contributed by atoms with Gasteiger partial charge in [0.1, 0.15) is 0 Å². The zero-order valence-corrected chi connectivity index (χ0v) is 8.39. The fourth-order valence-corrected chi connectivity index (χ4v) is 0.826. The zero-order chi connectivity index (χ0) is 9.94. The van der Waals surface area contributed by atoms with Gasteiger partial charge in [0.2, 0.25) is 0 Å². The molecule has 0 aromatic carbocycles. The molecule has 0 saturated heterocycles. The van der Waals surface area contributed by atoms with Crippen molar-refractivity contribution in [3.63, 3.8) is 0 Å². The lowest BCUT2D eigenvalue weighted by molar-refractivity contribution is -0.136. The van der Waals surface area contributed by atoms with Crippen molar-refractivity contribution in [1.29, 1.82) is 0 Å². The Morgan fingerprint density at radius 1 is 1.33 bits per heavy atom. The molecule has 0 aliphatic carbocycles. The Labute approximate surface area is 73.6 Å². The molecule has 0 saturated carbocycles. The Hall–Kier alpha value is -0.990. The Kier molecular flexibility index (Phi) is 3.31. The molecule has 0 amide bonds. The van der Waals surface area contributed by atoms with E-state index in [1.54, 1.807) is 6.92 Å². The lowest BCUT2D eigenvalue weighted by Crippen LogP contribution is -2.22. The third kappa shape index (κ3) is 2.57. The molecule has 0 radical (unpaired) electrons. The highest BCUT2D eigenvalue weighted by Gasteiger charge is 2.19. The second kappa shape index (κ2) is 3.61. The Morgan fingerprint density at radius 3 is 2.00 bits per heavy atom. The number of methoxy groups -OCH3 is 1. The topological polar surface area (TPSA) is 52.3 Å². The predicted molar refractivity (Wildman–Crippen MR) is 48.4 cm³/mol. The van der Waals surface area contributed by atoms with E-state index in [0.29, 0.717) is 11.3 Å². The van der Waals surface area contributed by atoms with Crippen molar-refractivity contribution in [3.05, 3.63) is 11.3 Å². The van der Waals surface area contributed by atoms with Crippen LogP contribution in [0.25, 0.3) is 0 Å². The maximum atomic E-state index is 11.0. The largest absolute Gasteiger partial charge is 0.466 e. The van der Waals surface area contributed by atoms with Crippen molar-refractivity contribution in [1.82, 2.24) is 0 Å². The molecule has 0 aliphatic rings. The van der Waals surface area contributed by atoms with Crippen LogP contribution in [0.5, 0.6) is 0 Å². The molecule has 12 heavy (non-hydrogen) atoms. The first-order valence-electron chi connectivity index (χ1n) is 3.86. The Morgan fingerprint density at radius 2 is 1.75 bits per heavy atom. The molecule has 0 spiro atoms. The van der Waals surface area contributed by atoms with Crippen molar-refractivity contribution in [2.24, 2.45) is 11.1 Å². The summed E-state index contributed by atoms with van der Waals surface area (Å²) in [6, 6.07) is 0. The van der Waals surface area contributed by atoms with Gasteiger partial charge in [-0.15, -0.1) is 0 Å². The van der Waals surface area contributed by atoms with Crippen LogP contribution >= 0.6 is 0 Å². The molecule has 70 valence electrons. The van der Waals surface area contributed by atoms with Crippen LogP contribution in [0.15, 0.2) is 11.3 Å². The molecule has 0 bridgehead atoms. The maximum absolute atomic E-state index is 11.0. The van der Waals surface area contributed by atoms with E-state index in [0.717, 1.165) is 0 Å². The molecule has 3 heteroatoms. The number of carbonyl (C=O) groups is 1. The molecule has 0 rings (SSSR count). The van der Waals surface area contributed by atoms with Crippen molar-refractivity contribution < 1.29 is 9.53 Å². The van der Waals surface area contributed by atoms with Gasteiger partial charge in [-0.3, -0.25) is 0 Å². The van der Waals surface area contributed by atoms with Gasteiger partial charge in [0, 0.05) is 11.1 Å². The van der Waals surface area contributed by atoms with Crippen LogP contribution in [0.1, 0.15) is 27.7 Å². The van der Waals surface area contributed by atoms with Gasteiger partial charge in [0.25, 0.3) is 0 Å². The average Bonchev–Trinajstić information content (AvgIpc) is 1.98. The summed E-state index contributed by atoms with van der Waals surface area (Å²) in [5, 5.41) is 0. The van der Waals surface area contributed by atoms with Gasteiger partial charge >= 0.3 is 5.97 Å². The number of allylic oxidation sites excluding steroid dienone is 1. The summed E-state index contributed by atoms with van der Waals surface area (Å²) in [7, 11) is 1.35. The predicted octanol–water partition coefficient (Wildman–Crippen LogP) is 1.44. The normalized spacial score (nSPS) is 13.8. The van der Waals surface area contributed by atoms with E-state index in [1.807, 2.05) is 20.8 Å². The fraction of sp³-hybridized carbons (Fsp3) is 0.667. The highest BCUT2D eigenvalue weighted by atomic mass is 16.5. The smallest absolute Gasteiger partial charge is 0.335 e. The number of hydrogen-bond donors (Lipinski definition) is 1. The van der Waals surface area contributed by atoms with Gasteiger partial charge in [0.05, 0.1) is 12.7 Å². The summed E-state index contributed by atoms with van der Waals surface area (Å²) in [5.74, 6) is -0.359. The molecule has 0 fully saturated rings. The quantitative estimate of drug-likeness (QED) is 0.479. The van der Waals surface area contributed by atoms with E-state index in [1.165, 1.54) is 7.11 Å². The number of rotatable bonds is 1. The van der Waals surface area contributed by atoms with Gasteiger partial charge < -0.3 is 10.5 Å². The SMILES string of the molecule is COC(=O)C(C)=C(N)C(C)(C)C. The first-order valence-corrected chi connectivity index (χ1v) is 3.86. The van der Waals surface area contributed by atoms with E-state index in [-0.39, 0.29) is 11.4 Å². The highest BCUT2D eigenvalue weighted by Crippen LogP contribution is 2.23. The molecule has 0 heterocycles. The first-order chi connectivity index (χ1) is 5.30. The summed E-state index contributed by atoms with van der Waals surface area (Å²) in [6.07, 6.45) is 0. The molecule has 2 N–H and O–H groups in total. The molecule has 0 atom stereocenters. The summed E-state index contributed by atoms with van der Waals surface area (Å²) in [5.41, 5.74) is 6.64. The first kappa shape index (κ1) is 11.0. The third-order valence-electron chi connectivity index (χ3n) is 1.70. The van der Waals surface area contributed by atoms with Crippen LogP contribution in [-0.4, -0.2) is 13.1 Å². The molecular weight excluding hydrogens is 154 g/mol. The number of nitrogens with two attached hydrogens (primary N) is 1. The van der Waals surface area contributed by atoms with Crippen molar-refractivity contribution in [2.75, 3.05) is 7.11 Å². The summed E-state index contributed by atoms with van der Waals surface area (Å²) < 4.78 is 4.55. The van der Waals surface area contributed by atoms with Gasteiger partial charge in [0.15, 0.2) is 0 Å². The number of esters is 1. The highest BCUT2D eigenvalue weighted by molar-refractivity contribution is 5.88. The average molecular weight is 171 g/mol. The minimum absolute atomic E-state index is 0.182. The second-order valence-corrected chi connectivity index (χ2v) is 3.78. The van der Waals surface area contributed by atoms with Gasteiger partial charge in [-0.1, -0.05) is 20.8 Å². The standard InChI is InChI=1S/C9H17NO2/c1-6(8(11)12-5)7(10)9(2,3)4/h10H2,1-5H3. The summed E-state index contributed by atoms with van der Waals surface area (Å²) >= 11 is 0. The van der Waals surface area contributed by atoms with E-state index in [9.17, 15) is 4.79 Å². The maximum Gasteiger partial charge on any atom is 0.335 e. The van der Waals surface area contributed by atoms with E-state index >= 15 is 0 Å². The lowest BCUT2D eigenvalue weighted by atomic mass is 9.89. The molecule has 0 unspecified atom stereocenters. The molecular formula is C9H17NO2. The summed E-state index contributed by atoms with van der Waals surface area (Å²) in [6.45, 7) is 7.53. The Bertz CT molecular complexity index is 211. The van der Waals surface area contributed by atoms with E-state index in [4.69, 9.17) is 5.73 Å². The van der Waals surface area contributed by atoms with Crippen LogP contribution in [0.3, 0.4) is 0 Å². The molecule has 0 aromatic heterocycles. The van der Waals surface area contributed by atoms with Crippen molar-refractivity contribution in [3.8, 4) is 0 Å². The monoisotopic (exact) mass is 171 g/mol. The molecule has 0 aromatic rings. The zero-order valence-electron chi connectivity index (χ0n) is 8.39. The number of hydrogen-bond acceptors (Lipinski definition) is 3. The van der Waals surface area contributed by atoms with E-state index in [2.05, 4.69) is 4.74 Å². The van der Waals surface area contributed by atoms with Gasteiger partial charge in [-0.2, -0.15) is 0 Å². The minimum Gasteiger partial charge on any atom is -0.466 e. The van der Waals surface area contributed by atoms with Crippen LogP contribution < -0.4 is 5.73 Å². The lowest BCUT2D eigenvalue weighted by Gasteiger charge is -2.20. The van der Waals surface area contributed by atoms with Crippen molar-refractivity contribution >= 4 is 5.97 Å². The summed E-state index contributed by atoms with van der Waals surface area (Å²) in [4.78, 5) is 11.0. The Balaban J connectivity index is 4.82. The number of ether oxygens (including phenoxy) is 1. The molecule has 0 aliphatic heterocycles. The third-order valence-corrected chi connectivity index (χ3v) is 1.70. The van der Waals surface area contributed by atoms with Crippen molar-refractivity contribution in [2.45, 2.75) is 27.7 Å². The van der Waals surface area contributed by atoms with Crippen LogP contribution in [0.2, 0.25) is 0 Å². The van der Waals surface area contributed by atoms with Crippen LogP contribution in [0, 0.1) is 5.41 Å². The van der Waals surface area contributed by atoms with Gasteiger partial charge in [-0.05, 0) is 6.92 Å². The van der Waals surface area contributed by atoms with E-state index < -0.39 is 0 Å². The fourth-order valence-electron chi connectivity index (χ4n) is 0.826.